The lowest BCUT2D eigenvalue weighted by Gasteiger charge is -2.24. The average Bonchev–Trinajstić information content (AvgIpc) is 2.48. The third-order valence-corrected chi connectivity index (χ3v) is 3.65. The van der Waals surface area contributed by atoms with Gasteiger partial charge in [-0.2, -0.15) is 15.0 Å². The Bertz CT molecular complexity index is 623. The molecule has 0 amide bonds. The summed E-state index contributed by atoms with van der Waals surface area (Å²) in [6, 6.07) is 8.58. The minimum Gasteiger partial charge on any atom is -0.368 e. The van der Waals surface area contributed by atoms with E-state index in [-0.39, 0.29) is 12.0 Å². The van der Waals surface area contributed by atoms with Crippen molar-refractivity contribution in [3.8, 4) is 0 Å². The maximum absolute atomic E-state index is 5.80. The Balaban J connectivity index is 2.16. The monoisotopic (exact) mass is 300 g/mol. The molecule has 0 aliphatic heterocycles. The summed E-state index contributed by atoms with van der Waals surface area (Å²) in [5.41, 5.74) is 8.32. The molecule has 2 aromatic rings. The maximum Gasteiger partial charge on any atom is 0.229 e. The summed E-state index contributed by atoms with van der Waals surface area (Å²) >= 11 is 0. The van der Waals surface area contributed by atoms with Crippen molar-refractivity contribution in [1.29, 1.82) is 0 Å². The summed E-state index contributed by atoms with van der Waals surface area (Å²) < 4.78 is 0. The van der Waals surface area contributed by atoms with Crippen molar-refractivity contribution in [3.63, 3.8) is 0 Å². The fourth-order valence-electron chi connectivity index (χ4n) is 2.10. The molecular formula is C16H24N6. The van der Waals surface area contributed by atoms with E-state index in [1.165, 1.54) is 11.1 Å². The number of anilines is 2. The van der Waals surface area contributed by atoms with Crippen LogP contribution in [0.2, 0.25) is 0 Å². The van der Waals surface area contributed by atoms with Crippen molar-refractivity contribution in [2.24, 2.45) is 0 Å². The standard InChI is InChI=1S/C16H24N6/c1-11-6-8-13(9-7-11)10-22(5)12(2)14-18-15(17)20-16(19-14)21(3)4/h6-9,12H,10H2,1-5H3,(H2,17,18,19,20). The third-order valence-electron chi connectivity index (χ3n) is 3.65. The van der Waals surface area contributed by atoms with Gasteiger partial charge in [0.1, 0.15) is 0 Å². The van der Waals surface area contributed by atoms with Gasteiger partial charge in [-0.25, -0.2) is 0 Å². The Labute approximate surface area is 132 Å². The van der Waals surface area contributed by atoms with Gasteiger partial charge in [-0.15, -0.1) is 0 Å². The lowest BCUT2D eigenvalue weighted by molar-refractivity contribution is 0.243. The van der Waals surface area contributed by atoms with Gasteiger partial charge < -0.3 is 10.6 Å². The molecule has 2 rings (SSSR count). The highest BCUT2D eigenvalue weighted by Crippen LogP contribution is 2.19. The van der Waals surface area contributed by atoms with Crippen LogP contribution in [0.15, 0.2) is 24.3 Å². The minimum absolute atomic E-state index is 0.0466. The number of benzene rings is 1. The second-order valence-electron chi connectivity index (χ2n) is 5.82. The van der Waals surface area contributed by atoms with Gasteiger partial charge in [0.15, 0.2) is 5.82 Å². The van der Waals surface area contributed by atoms with Crippen molar-refractivity contribution in [1.82, 2.24) is 19.9 Å². The van der Waals surface area contributed by atoms with Crippen molar-refractivity contribution in [3.05, 3.63) is 41.2 Å². The first-order valence-corrected chi connectivity index (χ1v) is 7.31. The number of nitrogens with zero attached hydrogens (tertiary/aromatic N) is 5. The quantitative estimate of drug-likeness (QED) is 0.911. The zero-order valence-electron chi connectivity index (χ0n) is 13.9. The fraction of sp³-hybridized carbons (Fsp3) is 0.438. The Hall–Kier alpha value is -2.21. The van der Waals surface area contributed by atoms with Crippen molar-refractivity contribution >= 4 is 11.9 Å². The summed E-state index contributed by atoms with van der Waals surface area (Å²) in [5, 5.41) is 0. The van der Waals surface area contributed by atoms with E-state index >= 15 is 0 Å². The van der Waals surface area contributed by atoms with Crippen LogP contribution in [-0.2, 0) is 6.54 Å². The van der Waals surface area contributed by atoms with Crippen LogP contribution in [0, 0.1) is 6.92 Å². The molecule has 6 heteroatoms. The van der Waals surface area contributed by atoms with Gasteiger partial charge in [0.05, 0.1) is 6.04 Å². The number of aromatic nitrogens is 3. The number of hydrogen-bond acceptors (Lipinski definition) is 6. The summed E-state index contributed by atoms with van der Waals surface area (Å²) in [7, 11) is 5.83. The summed E-state index contributed by atoms with van der Waals surface area (Å²) in [4.78, 5) is 16.9. The Morgan fingerprint density at radius 1 is 1.05 bits per heavy atom. The first-order valence-electron chi connectivity index (χ1n) is 7.31. The van der Waals surface area contributed by atoms with Gasteiger partial charge in [0.25, 0.3) is 0 Å². The van der Waals surface area contributed by atoms with Crippen LogP contribution in [0.5, 0.6) is 0 Å². The normalized spacial score (nSPS) is 12.5. The number of aryl methyl sites for hydroxylation is 1. The van der Waals surface area contributed by atoms with E-state index in [1.807, 2.05) is 19.0 Å². The molecule has 0 saturated heterocycles. The molecule has 0 bridgehead atoms. The van der Waals surface area contributed by atoms with E-state index in [1.54, 1.807) is 0 Å². The van der Waals surface area contributed by atoms with Gasteiger partial charge in [-0.3, -0.25) is 4.90 Å². The van der Waals surface area contributed by atoms with Crippen LogP contribution in [0.1, 0.15) is 29.9 Å². The molecule has 118 valence electrons. The molecule has 22 heavy (non-hydrogen) atoms. The predicted octanol–water partition coefficient (Wildman–Crippen LogP) is 2.02. The molecule has 1 aromatic carbocycles. The zero-order valence-corrected chi connectivity index (χ0v) is 13.9. The third kappa shape index (κ3) is 3.92. The molecule has 2 N–H and O–H groups in total. The average molecular weight is 300 g/mol. The van der Waals surface area contributed by atoms with Crippen LogP contribution in [0.3, 0.4) is 0 Å². The molecule has 0 spiro atoms. The number of rotatable bonds is 5. The molecule has 6 nitrogen and oxygen atoms in total. The summed E-state index contributed by atoms with van der Waals surface area (Å²) in [5.74, 6) is 1.52. The van der Waals surface area contributed by atoms with Crippen LogP contribution in [0.25, 0.3) is 0 Å². The molecule has 1 aromatic heterocycles. The number of hydrogen-bond donors (Lipinski definition) is 1. The molecule has 0 aliphatic rings. The highest BCUT2D eigenvalue weighted by atomic mass is 15.3. The lowest BCUT2D eigenvalue weighted by atomic mass is 10.1. The Morgan fingerprint density at radius 3 is 2.27 bits per heavy atom. The Morgan fingerprint density at radius 2 is 1.68 bits per heavy atom. The molecule has 0 fully saturated rings. The maximum atomic E-state index is 5.80. The second-order valence-corrected chi connectivity index (χ2v) is 5.82. The van der Waals surface area contributed by atoms with E-state index in [0.717, 1.165) is 6.54 Å². The van der Waals surface area contributed by atoms with Gasteiger partial charge in [-0.05, 0) is 26.5 Å². The first kappa shape index (κ1) is 16.2. The zero-order chi connectivity index (χ0) is 16.3. The van der Waals surface area contributed by atoms with Gasteiger partial charge in [0, 0.05) is 20.6 Å². The minimum atomic E-state index is 0.0466. The van der Waals surface area contributed by atoms with Crippen LogP contribution < -0.4 is 10.6 Å². The highest BCUT2D eigenvalue weighted by Gasteiger charge is 2.17. The fourth-order valence-corrected chi connectivity index (χ4v) is 2.10. The second kappa shape index (κ2) is 6.70. The molecule has 1 heterocycles. The SMILES string of the molecule is Cc1ccc(CN(C)C(C)c2nc(N)nc(N(C)C)n2)cc1. The number of nitrogen functional groups attached to an aromatic ring is 1. The Kier molecular flexibility index (Phi) is 4.92. The largest absolute Gasteiger partial charge is 0.368 e. The molecular weight excluding hydrogens is 276 g/mol. The lowest BCUT2D eigenvalue weighted by Crippen LogP contribution is -2.25. The molecule has 0 aliphatic carbocycles. The van der Waals surface area contributed by atoms with Gasteiger partial charge in [0.2, 0.25) is 11.9 Å². The summed E-state index contributed by atoms with van der Waals surface area (Å²) in [6.07, 6.45) is 0. The van der Waals surface area contributed by atoms with Gasteiger partial charge in [-0.1, -0.05) is 29.8 Å². The highest BCUT2D eigenvalue weighted by molar-refractivity contribution is 5.33. The predicted molar refractivity (Wildman–Crippen MR) is 89.6 cm³/mol. The van der Waals surface area contributed by atoms with E-state index in [4.69, 9.17) is 5.73 Å². The van der Waals surface area contributed by atoms with E-state index in [9.17, 15) is 0 Å². The molecule has 1 atom stereocenters. The number of nitrogens with two attached hydrogens (primary N) is 1. The van der Waals surface area contributed by atoms with Gasteiger partial charge >= 0.3 is 0 Å². The molecule has 0 radical (unpaired) electrons. The van der Waals surface area contributed by atoms with Crippen LogP contribution in [-0.4, -0.2) is 41.0 Å². The topological polar surface area (TPSA) is 71.2 Å². The summed E-state index contributed by atoms with van der Waals surface area (Å²) in [6.45, 7) is 4.99. The van der Waals surface area contributed by atoms with Crippen molar-refractivity contribution in [2.45, 2.75) is 26.4 Å². The van der Waals surface area contributed by atoms with E-state index in [2.05, 4.69) is 65.0 Å². The van der Waals surface area contributed by atoms with Crippen LogP contribution >= 0.6 is 0 Å². The van der Waals surface area contributed by atoms with Crippen molar-refractivity contribution in [2.75, 3.05) is 31.8 Å². The first-order chi connectivity index (χ1) is 10.4. The molecule has 1 unspecified atom stereocenters. The van der Waals surface area contributed by atoms with Crippen molar-refractivity contribution < 1.29 is 0 Å². The van der Waals surface area contributed by atoms with E-state index in [0.29, 0.717) is 11.8 Å². The van der Waals surface area contributed by atoms with Crippen LogP contribution in [0.4, 0.5) is 11.9 Å². The molecule has 0 saturated carbocycles. The smallest absolute Gasteiger partial charge is 0.229 e. The van der Waals surface area contributed by atoms with E-state index < -0.39 is 0 Å².